The zero-order valence-electron chi connectivity index (χ0n) is 15.2. The topological polar surface area (TPSA) is 65.0 Å². The van der Waals surface area contributed by atoms with Gasteiger partial charge in [0.2, 0.25) is 5.16 Å². The highest BCUT2D eigenvalue weighted by molar-refractivity contribution is 7.99. The Kier molecular flexibility index (Phi) is 6.25. The van der Waals surface area contributed by atoms with Crippen molar-refractivity contribution in [2.45, 2.75) is 5.16 Å². The molecule has 0 N–H and O–H groups in total. The predicted octanol–water partition coefficient (Wildman–Crippen LogP) is 5.97. The van der Waals surface area contributed by atoms with Gasteiger partial charge in [0.05, 0.1) is 28.2 Å². The Morgan fingerprint density at radius 3 is 2.45 bits per heavy atom. The van der Waals surface area contributed by atoms with E-state index in [0.29, 0.717) is 21.5 Å². The molecule has 0 aliphatic carbocycles. The van der Waals surface area contributed by atoms with Crippen molar-refractivity contribution in [1.82, 2.24) is 15.2 Å². The fraction of sp³-hybridized carbons (Fsp3) is 0.100. The number of hydrogen-bond donors (Lipinski definition) is 0. The molecule has 0 saturated heterocycles. The molecule has 146 valence electrons. The molecule has 1 aromatic carbocycles. The number of nitrogens with zero attached hydrogens (tertiary/aromatic N) is 3. The van der Waals surface area contributed by atoms with Crippen LogP contribution in [0, 0.1) is 0 Å². The standard InChI is InChI=1S/C20H14ClN3O2S3/c1-26-15-7-6-12(21)10-13(15)14(25)11-29-20-22-18(16-4-2-8-27-16)19(23-24-20)17-5-3-9-28-17/h2-10H,11H2,1H3. The molecule has 4 aromatic rings. The molecule has 4 rings (SSSR count). The summed E-state index contributed by atoms with van der Waals surface area (Å²) >= 11 is 10.5. The molecule has 0 amide bonds. The van der Waals surface area contributed by atoms with Crippen LogP contribution < -0.4 is 4.74 Å². The van der Waals surface area contributed by atoms with Gasteiger partial charge in [-0.1, -0.05) is 35.5 Å². The smallest absolute Gasteiger partial charge is 0.210 e. The summed E-state index contributed by atoms with van der Waals surface area (Å²) in [6.45, 7) is 0. The maximum absolute atomic E-state index is 12.7. The Bertz CT molecular complexity index is 1130. The van der Waals surface area contributed by atoms with Crippen molar-refractivity contribution >= 4 is 51.8 Å². The van der Waals surface area contributed by atoms with Crippen LogP contribution in [-0.2, 0) is 0 Å². The summed E-state index contributed by atoms with van der Waals surface area (Å²) in [5.41, 5.74) is 1.96. The van der Waals surface area contributed by atoms with Gasteiger partial charge in [-0.25, -0.2) is 4.98 Å². The van der Waals surface area contributed by atoms with E-state index in [0.717, 1.165) is 21.1 Å². The minimum absolute atomic E-state index is 0.113. The van der Waals surface area contributed by atoms with Gasteiger partial charge in [0.25, 0.3) is 0 Å². The molecule has 0 aliphatic rings. The zero-order valence-corrected chi connectivity index (χ0v) is 18.4. The Balaban J connectivity index is 1.59. The van der Waals surface area contributed by atoms with E-state index < -0.39 is 0 Å². The van der Waals surface area contributed by atoms with E-state index in [2.05, 4.69) is 10.2 Å². The quantitative estimate of drug-likeness (QED) is 0.251. The number of ether oxygens (including phenoxy) is 1. The maximum atomic E-state index is 12.7. The summed E-state index contributed by atoms with van der Waals surface area (Å²) in [7, 11) is 1.52. The fourth-order valence-electron chi connectivity index (χ4n) is 2.64. The van der Waals surface area contributed by atoms with Gasteiger partial charge in [-0.05, 0) is 41.1 Å². The van der Waals surface area contributed by atoms with Crippen molar-refractivity contribution in [3.05, 3.63) is 63.8 Å². The summed E-state index contributed by atoms with van der Waals surface area (Å²) < 4.78 is 5.27. The number of Topliss-reactive ketones (excluding diaryl/α,β-unsaturated/α-hetero) is 1. The highest BCUT2D eigenvalue weighted by atomic mass is 35.5. The van der Waals surface area contributed by atoms with Gasteiger partial charge in [0.1, 0.15) is 17.1 Å². The van der Waals surface area contributed by atoms with E-state index >= 15 is 0 Å². The highest BCUT2D eigenvalue weighted by Gasteiger charge is 2.18. The van der Waals surface area contributed by atoms with Gasteiger partial charge in [0.15, 0.2) is 5.78 Å². The summed E-state index contributed by atoms with van der Waals surface area (Å²) in [6, 6.07) is 12.9. The van der Waals surface area contributed by atoms with Crippen LogP contribution in [0.4, 0.5) is 0 Å². The van der Waals surface area contributed by atoms with Crippen LogP contribution in [0.1, 0.15) is 10.4 Å². The molecule has 0 atom stereocenters. The average Bonchev–Trinajstić information content (AvgIpc) is 3.46. The lowest BCUT2D eigenvalue weighted by molar-refractivity contribution is 0.101. The number of thioether (sulfide) groups is 1. The molecule has 0 spiro atoms. The number of benzene rings is 1. The number of hydrogen-bond acceptors (Lipinski definition) is 8. The second-order valence-corrected chi connectivity index (χ2v) is 9.08. The normalized spacial score (nSPS) is 10.8. The third-order valence-corrected chi connectivity index (χ3v) is 6.80. The molecule has 0 saturated carbocycles. The lowest BCUT2D eigenvalue weighted by Gasteiger charge is -2.08. The third-order valence-electron chi connectivity index (χ3n) is 3.97. The molecule has 0 unspecified atom stereocenters. The first kappa shape index (κ1) is 20.0. The van der Waals surface area contributed by atoms with Crippen LogP contribution in [0.15, 0.2) is 58.4 Å². The first-order valence-electron chi connectivity index (χ1n) is 8.47. The molecule has 0 radical (unpaired) electrons. The van der Waals surface area contributed by atoms with Crippen molar-refractivity contribution in [3.63, 3.8) is 0 Å². The summed E-state index contributed by atoms with van der Waals surface area (Å²) in [4.78, 5) is 19.4. The van der Waals surface area contributed by atoms with Crippen LogP contribution in [-0.4, -0.2) is 33.8 Å². The van der Waals surface area contributed by atoms with E-state index in [9.17, 15) is 4.79 Å². The van der Waals surface area contributed by atoms with E-state index in [1.165, 1.54) is 18.9 Å². The van der Waals surface area contributed by atoms with E-state index in [1.54, 1.807) is 40.9 Å². The van der Waals surface area contributed by atoms with Crippen LogP contribution in [0.5, 0.6) is 5.75 Å². The molecule has 3 aromatic heterocycles. The zero-order chi connectivity index (χ0) is 20.2. The van der Waals surface area contributed by atoms with Crippen LogP contribution in [0.2, 0.25) is 5.02 Å². The van der Waals surface area contributed by atoms with Gasteiger partial charge in [-0.3, -0.25) is 4.79 Å². The number of rotatable bonds is 7. The predicted molar refractivity (Wildman–Crippen MR) is 120 cm³/mol. The Hall–Kier alpha value is -2.26. The van der Waals surface area contributed by atoms with Crippen LogP contribution in [0.25, 0.3) is 21.1 Å². The van der Waals surface area contributed by atoms with Crippen LogP contribution >= 0.6 is 46.0 Å². The number of halogens is 1. The number of methoxy groups -OCH3 is 1. The molecule has 0 bridgehead atoms. The van der Waals surface area contributed by atoms with Crippen molar-refractivity contribution in [3.8, 4) is 26.9 Å². The van der Waals surface area contributed by atoms with Gasteiger partial charge in [-0.2, -0.15) is 0 Å². The first-order valence-corrected chi connectivity index (χ1v) is 11.6. The Morgan fingerprint density at radius 2 is 1.79 bits per heavy atom. The van der Waals surface area contributed by atoms with E-state index in [-0.39, 0.29) is 11.5 Å². The molecular weight excluding hydrogens is 446 g/mol. The van der Waals surface area contributed by atoms with Crippen LogP contribution in [0.3, 0.4) is 0 Å². The summed E-state index contributed by atoms with van der Waals surface area (Å²) in [5.74, 6) is 0.532. The first-order chi connectivity index (χ1) is 14.2. The van der Waals surface area contributed by atoms with Gasteiger partial charge in [0, 0.05) is 5.02 Å². The van der Waals surface area contributed by atoms with Crippen molar-refractivity contribution in [1.29, 1.82) is 0 Å². The Morgan fingerprint density at radius 1 is 1.07 bits per heavy atom. The SMILES string of the molecule is COc1ccc(Cl)cc1C(=O)CSc1nnc(-c2cccs2)c(-c2cccs2)n1. The van der Waals surface area contributed by atoms with Gasteiger partial charge < -0.3 is 4.74 Å². The minimum Gasteiger partial charge on any atom is -0.496 e. The summed E-state index contributed by atoms with van der Waals surface area (Å²) in [6.07, 6.45) is 0. The highest BCUT2D eigenvalue weighted by Crippen LogP contribution is 2.34. The average molecular weight is 460 g/mol. The number of thiophene rings is 2. The molecule has 5 nitrogen and oxygen atoms in total. The molecule has 3 heterocycles. The number of carbonyl (C=O) groups excluding carboxylic acids is 1. The van der Waals surface area contributed by atoms with Crippen molar-refractivity contribution in [2.75, 3.05) is 12.9 Å². The van der Waals surface area contributed by atoms with Gasteiger partial charge in [-0.15, -0.1) is 32.9 Å². The molecule has 29 heavy (non-hydrogen) atoms. The summed E-state index contributed by atoms with van der Waals surface area (Å²) in [5, 5.41) is 13.6. The molecular formula is C20H14ClN3O2S3. The van der Waals surface area contributed by atoms with Gasteiger partial charge >= 0.3 is 0 Å². The largest absolute Gasteiger partial charge is 0.496 e. The monoisotopic (exact) mass is 459 g/mol. The molecule has 0 fully saturated rings. The van der Waals surface area contributed by atoms with Crippen molar-refractivity contribution < 1.29 is 9.53 Å². The third kappa shape index (κ3) is 4.51. The molecule has 9 heteroatoms. The number of ketones is 1. The molecule has 0 aliphatic heterocycles. The number of aromatic nitrogens is 3. The lowest BCUT2D eigenvalue weighted by Crippen LogP contribution is -2.06. The number of carbonyl (C=O) groups is 1. The van der Waals surface area contributed by atoms with E-state index in [1.807, 2.05) is 35.0 Å². The van der Waals surface area contributed by atoms with E-state index in [4.69, 9.17) is 21.3 Å². The maximum Gasteiger partial charge on any atom is 0.210 e. The second kappa shape index (κ2) is 9.04. The fourth-order valence-corrected chi connectivity index (χ4v) is 4.91. The minimum atomic E-state index is -0.113. The van der Waals surface area contributed by atoms with Crippen molar-refractivity contribution in [2.24, 2.45) is 0 Å². The lowest BCUT2D eigenvalue weighted by atomic mass is 10.1. The Labute approximate surface area is 184 Å². The second-order valence-electron chi connectivity index (χ2n) is 5.80.